The first-order valence-corrected chi connectivity index (χ1v) is 6.89. The molecule has 1 amide bonds. The number of thioether (sulfide) groups is 1. The van der Waals surface area contributed by atoms with Gasteiger partial charge in [0.1, 0.15) is 6.04 Å². The molecule has 0 aromatic rings. The number of aliphatic carboxylic acids is 1. The lowest BCUT2D eigenvalue weighted by Gasteiger charge is -2.29. The van der Waals surface area contributed by atoms with Crippen molar-refractivity contribution >= 4 is 23.6 Å². The number of hydrogen-bond donors (Lipinski definition) is 2. The Kier molecular flexibility index (Phi) is 5.27. The van der Waals surface area contributed by atoms with Crippen molar-refractivity contribution < 1.29 is 14.7 Å². The largest absolute Gasteiger partial charge is 0.480 e. The lowest BCUT2D eigenvalue weighted by molar-refractivity contribution is -0.149. The second kappa shape index (κ2) is 6.26. The Morgan fingerprint density at radius 1 is 1.53 bits per heavy atom. The van der Waals surface area contributed by atoms with E-state index in [1.807, 2.05) is 13.8 Å². The van der Waals surface area contributed by atoms with Crippen LogP contribution in [0.2, 0.25) is 0 Å². The summed E-state index contributed by atoms with van der Waals surface area (Å²) in [5, 5.41) is 9.10. The fourth-order valence-electron chi connectivity index (χ4n) is 1.93. The quantitative estimate of drug-likeness (QED) is 0.761. The van der Waals surface area contributed by atoms with E-state index in [2.05, 4.69) is 0 Å². The van der Waals surface area contributed by atoms with Crippen LogP contribution >= 0.6 is 11.8 Å². The highest BCUT2D eigenvalue weighted by molar-refractivity contribution is 8.00. The first-order valence-electron chi connectivity index (χ1n) is 5.84. The number of nitrogens with two attached hydrogens (primary N) is 1. The number of carboxylic acid groups (broad SMARTS) is 1. The Balaban J connectivity index is 2.78. The molecule has 17 heavy (non-hydrogen) atoms. The SMILES string of the molecule is CC(C)C1SCC(C(=O)O)N1C(=O)CCCN. The van der Waals surface area contributed by atoms with Gasteiger partial charge in [-0.2, -0.15) is 0 Å². The van der Waals surface area contributed by atoms with Gasteiger partial charge in [-0.05, 0) is 18.9 Å². The van der Waals surface area contributed by atoms with Gasteiger partial charge in [0.15, 0.2) is 0 Å². The van der Waals surface area contributed by atoms with Gasteiger partial charge in [0.25, 0.3) is 0 Å². The first-order chi connectivity index (χ1) is 7.99. The fourth-order valence-corrected chi connectivity index (χ4v) is 3.42. The van der Waals surface area contributed by atoms with Crippen LogP contribution in [0.1, 0.15) is 26.7 Å². The maximum absolute atomic E-state index is 12.0. The molecule has 0 aliphatic carbocycles. The molecule has 0 bridgehead atoms. The number of rotatable bonds is 5. The summed E-state index contributed by atoms with van der Waals surface area (Å²) >= 11 is 1.55. The highest BCUT2D eigenvalue weighted by atomic mass is 32.2. The van der Waals surface area contributed by atoms with Gasteiger partial charge in [0, 0.05) is 12.2 Å². The van der Waals surface area contributed by atoms with E-state index < -0.39 is 12.0 Å². The average Bonchev–Trinajstić information content (AvgIpc) is 2.70. The number of carboxylic acids is 1. The average molecular weight is 260 g/mol. The Morgan fingerprint density at radius 2 is 2.18 bits per heavy atom. The van der Waals surface area contributed by atoms with Gasteiger partial charge in [-0.1, -0.05) is 13.8 Å². The molecule has 0 aromatic heterocycles. The van der Waals surface area contributed by atoms with Crippen molar-refractivity contribution in [3.05, 3.63) is 0 Å². The zero-order valence-corrected chi connectivity index (χ0v) is 11.1. The molecule has 3 N–H and O–H groups in total. The van der Waals surface area contributed by atoms with E-state index in [1.54, 1.807) is 11.8 Å². The van der Waals surface area contributed by atoms with E-state index in [1.165, 1.54) is 4.90 Å². The second-order valence-electron chi connectivity index (χ2n) is 4.52. The van der Waals surface area contributed by atoms with E-state index in [-0.39, 0.29) is 17.2 Å². The molecular formula is C11H20N2O3S. The zero-order chi connectivity index (χ0) is 13.0. The lowest BCUT2D eigenvalue weighted by Crippen LogP contribution is -2.47. The van der Waals surface area contributed by atoms with Crippen molar-refractivity contribution in [2.24, 2.45) is 11.7 Å². The first kappa shape index (κ1) is 14.3. The topological polar surface area (TPSA) is 83.6 Å². The fraction of sp³-hybridized carbons (Fsp3) is 0.818. The monoisotopic (exact) mass is 260 g/mol. The van der Waals surface area contributed by atoms with Crippen molar-refractivity contribution in [1.82, 2.24) is 4.90 Å². The lowest BCUT2D eigenvalue weighted by atomic mass is 10.1. The van der Waals surface area contributed by atoms with Crippen LogP contribution in [0, 0.1) is 5.92 Å². The predicted octanol–water partition coefficient (Wildman–Crippen LogP) is 0.736. The van der Waals surface area contributed by atoms with E-state index in [4.69, 9.17) is 10.8 Å². The Hall–Kier alpha value is -0.750. The van der Waals surface area contributed by atoms with Crippen LogP contribution in [-0.4, -0.2) is 45.6 Å². The van der Waals surface area contributed by atoms with Crippen LogP contribution in [0.25, 0.3) is 0 Å². The number of carbonyl (C=O) groups excluding carboxylic acids is 1. The van der Waals surface area contributed by atoms with E-state index >= 15 is 0 Å². The summed E-state index contributed by atoms with van der Waals surface area (Å²) in [6.45, 7) is 4.47. The van der Waals surface area contributed by atoms with Crippen LogP contribution in [0.4, 0.5) is 0 Å². The van der Waals surface area contributed by atoms with E-state index in [0.717, 1.165) is 0 Å². The number of nitrogens with zero attached hydrogens (tertiary/aromatic N) is 1. The van der Waals surface area contributed by atoms with E-state index in [0.29, 0.717) is 25.1 Å². The van der Waals surface area contributed by atoms with Crippen molar-refractivity contribution in [2.75, 3.05) is 12.3 Å². The third kappa shape index (κ3) is 3.35. The molecule has 1 saturated heterocycles. The Labute approximate surface area is 106 Å². The van der Waals surface area contributed by atoms with Gasteiger partial charge in [-0.3, -0.25) is 4.79 Å². The summed E-state index contributed by atoms with van der Waals surface area (Å²) in [6.07, 6.45) is 0.946. The van der Waals surface area contributed by atoms with Crippen molar-refractivity contribution in [2.45, 2.75) is 38.1 Å². The molecule has 0 aromatic carbocycles. The molecule has 0 spiro atoms. The molecule has 0 saturated carbocycles. The normalized spacial score (nSPS) is 24.4. The predicted molar refractivity (Wildman–Crippen MR) is 67.6 cm³/mol. The van der Waals surface area contributed by atoms with Crippen LogP contribution < -0.4 is 5.73 Å². The van der Waals surface area contributed by atoms with Gasteiger partial charge in [0.05, 0.1) is 5.37 Å². The number of carbonyl (C=O) groups is 2. The van der Waals surface area contributed by atoms with E-state index in [9.17, 15) is 9.59 Å². The van der Waals surface area contributed by atoms with Crippen molar-refractivity contribution in [3.63, 3.8) is 0 Å². The highest BCUT2D eigenvalue weighted by Gasteiger charge is 2.42. The second-order valence-corrected chi connectivity index (χ2v) is 5.66. The highest BCUT2D eigenvalue weighted by Crippen LogP contribution is 2.34. The summed E-state index contributed by atoms with van der Waals surface area (Å²) < 4.78 is 0. The smallest absolute Gasteiger partial charge is 0.327 e. The summed E-state index contributed by atoms with van der Waals surface area (Å²) in [5.41, 5.74) is 5.37. The zero-order valence-electron chi connectivity index (χ0n) is 10.3. The van der Waals surface area contributed by atoms with Gasteiger partial charge < -0.3 is 15.7 Å². The van der Waals surface area contributed by atoms with Crippen LogP contribution in [0.15, 0.2) is 0 Å². The Bertz CT molecular complexity index is 296. The summed E-state index contributed by atoms with van der Waals surface area (Å²) in [7, 11) is 0. The van der Waals surface area contributed by atoms with Crippen LogP contribution in [-0.2, 0) is 9.59 Å². The molecule has 5 nitrogen and oxygen atoms in total. The number of hydrogen-bond acceptors (Lipinski definition) is 4. The third-order valence-electron chi connectivity index (χ3n) is 2.77. The van der Waals surface area contributed by atoms with Crippen molar-refractivity contribution in [1.29, 1.82) is 0 Å². The summed E-state index contributed by atoms with van der Waals surface area (Å²) in [5.74, 6) is -0.272. The van der Waals surface area contributed by atoms with Crippen LogP contribution in [0.5, 0.6) is 0 Å². The van der Waals surface area contributed by atoms with Crippen molar-refractivity contribution in [3.8, 4) is 0 Å². The molecule has 1 heterocycles. The minimum atomic E-state index is -0.915. The molecule has 2 atom stereocenters. The molecular weight excluding hydrogens is 240 g/mol. The summed E-state index contributed by atoms with van der Waals surface area (Å²) in [4.78, 5) is 24.7. The molecule has 1 aliphatic rings. The minimum Gasteiger partial charge on any atom is -0.480 e. The van der Waals surface area contributed by atoms with Gasteiger partial charge in [0.2, 0.25) is 5.91 Å². The molecule has 2 unspecified atom stereocenters. The molecule has 1 rings (SSSR count). The maximum atomic E-state index is 12.0. The third-order valence-corrected chi connectivity index (χ3v) is 4.39. The standard InChI is InChI=1S/C11H20N2O3S/c1-7(2)10-13(9(14)4-3-5-12)8(6-17-10)11(15)16/h7-8,10H,3-6,12H2,1-2H3,(H,15,16). The Morgan fingerprint density at radius 3 is 2.65 bits per heavy atom. The molecule has 1 aliphatic heterocycles. The minimum absolute atomic E-state index is 0.0265. The molecule has 0 radical (unpaired) electrons. The van der Waals surface area contributed by atoms with Gasteiger partial charge in [-0.15, -0.1) is 11.8 Å². The summed E-state index contributed by atoms with van der Waals surface area (Å²) in [6, 6.07) is -0.683. The van der Waals surface area contributed by atoms with Gasteiger partial charge in [-0.25, -0.2) is 4.79 Å². The molecule has 1 fully saturated rings. The molecule has 6 heteroatoms. The van der Waals surface area contributed by atoms with Crippen LogP contribution in [0.3, 0.4) is 0 Å². The molecule has 98 valence electrons. The van der Waals surface area contributed by atoms with Gasteiger partial charge >= 0.3 is 5.97 Å². The maximum Gasteiger partial charge on any atom is 0.327 e. The number of amides is 1.